The van der Waals surface area contributed by atoms with Gasteiger partial charge in [0, 0.05) is 29.2 Å². The number of rotatable bonds is 5. The number of pyridine rings is 3. The molecule has 116 valence electrons. The van der Waals surface area contributed by atoms with Crippen LogP contribution in [0.1, 0.15) is 23.0 Å². The minimum Gasteiger partial charge on any atom is -0.384 e. The van der Waals surface area contributed by atoms with Crippen molar-refractivity contribution in [3.63, 3.8) is 0 Å². The summed E-state index contributed by atoms with van der Waals surface area (Å²) in [4.78, 5) is 13.3. The molecule has 0 unspecified atom stereocenters. The van der Waals surface area contributed by atoms with Gasteiger partial charge in [0.2, 0.25) is 0 Å². The second-order valence-corrected chi connectivity index (χ2v) is 5.47. The molecule has 5 heteroatoms. The van der Waals surface area contributed by atoms with E-state index in [0.29, 0.717) is 11.6 Å². The lowest BCUT2D eigenvalue weighted by Gasteiger charge is -2.16. The maximum absolute atomic E-state index is 5.79. The number of nitrogens with two attached hydrogens (primary N) is 2. The number of hydrogen-bond donors (Lipinski definition) is 2. The summed E-state index contributed by atoms with van der Waals surface area (Å²) < 4.78 is 0. The van der Waals surface area contributed by atoms with E-state index in [0.717, 1.165) is 29.9 Å². The Balaban J connectivity index is 1.87. The van der Waals surface area contributed by atoms with Gasteiger partial charge in [0.05, 0.1) is 0 Å². The van der Waals surface area contributed by atoms with Gasteiger partial charge >= 0.3 is 0 Å². The Hall–Kier alpha value is -2.95. The number of hydrogen-bond acceptors (Lipinski definition) is 5. The zero-order chi connectivity index (χ0) is 16.1. The molecule has 0 aliphatic heterocycles. The Labute approximate surface area is 135 Å². The van der Waals surface area contributed by atoms with E-state index in [1.54, 1.807) is 12.1 Å². The summed E-state index contributed by atoms with van der Waals surface area (Å²) in [5.41, 5.74) is 14.5. The first-order valence-corrected chi connectivity index (χ1v) is 7.54. The first-order valence-electron chi connectivity index (χ1n) is 7.54. The molecule has 0 radical (unpaired) electrons. The molecule has 0 fully saturated rings. The number of anilines is 2. The highest BCUT2D eigenvalue weighted by atomic mass is 14.8. The molecule has 0 saturated heterocycles. The van der Waals surface area contributed by atoms with Gasteiger partial charge in [-0.15, -0.1) is 0 Å². The van der Waals surface area contributed by atoms with Crippen LogP contribution in [0.5, 0.6) is 0 Å². The minimum atomic E-state index is 0.166. The normalized spacial score (nSPS) is 10.8. The van der Waals surface area contributed by atoms with Gasteiger partial charge in [-0.2, -0.15) is 0 Å². The summed E-state index contributed by atoms with van der Waals surface area (Å²) in [6, 6.07) is 17.3. The van der Waals surface area contributed by atoms with Gasteiger partial charge in [-0.05, 0) is 49.2 Å². The lowest BCUT2D eigenvalue weighted by atomic mass is 9.93. The van der Waals surface area contributed by atoms with Crippen LogP contribution in [0.25, 0.3) is 0 Å². The van der Waals surface area contributed by atoms with Crippen molar-refractivity contribution in [2.45, 2.75) is 18.8 Å². The third-order valence-corrected chi connectivity index (χ3v) is 3.67. The average molecular weight is 305 g/mol. The maximum Gasteiger partial charge on any atom is 0.123 e. The van der Waals surface area contributed by atoms with E-state index in [1.807, 2.05) is 48.7 Å². The van der Waals surface area contributed by atoms with Gasteiger partial charge in [-0.1, -0.05) is 18.2 Å². The SMILES string of the molecule is Nc1cccc(CC(Cc2cccc(N)n2)c2ccccn2)n1. The summed E-state index contributed by atoms with van der Waals surface area (Å²) in [7, 11) is 0. The van der Waals surface area contributed by atoms with E-state index in [1.165, 1.54) is 0 Å². The molecule has 0 aromatic carbocycles. The van der Waals surface area contributed by atoms with Gasteiger partial charge < -0.3 is 11.5 Å². The number of aromatic nitrogens is 3. The van der Waals surface area contributed by atoms with Gasteiger partial charge in [0.1, 0.15) is 11.6 Å². The van der Waals surface area contributed by atoms with Crippen LogP contribution in [-0.4, -0.2) is 15.0 Å². The molecule has 4 N–H and O–H groups in total. The molecular formula is C18H19N5. The van der Waals surface area contributed by atoms with Crippen molar-refractivity contribution in [1.82, 2.24) is 15.0 Å². The van der Waals surface area contributed by atoms with Gasteiger partial charge in [0.15, 0.2) is 0 Å². The number of nitrogens with zero attached hydrogens (tertiary/aromatic N) is 3. The fraction of sp³-hybridized carbons (Fsp3) is 0.167. The lowest BCUT2D eigenvalue weighted by molar-refractivity contribution is 0.639. The van der Waals surface area contributed by atoms with E-state index in [9.17, 15) is 0 Å². The van der Waals surface area contributed by atoms with Crippen molar-refractivity contribution >= 4 is 11.6 Å². The van der Waals surface area contributed by atoms with Crippen molar-refractivity contribution in [2.24, 2.45) is 0 Å². The van der Waals surface area contributed by atoms with Crippen LogP contribution in [0.2, 0.25) is 0 Å². The van der Waals surface area contributed by atoms with Gasteiger partial charge in [0.25, 0.3) is 0 Å². The highest BCUT2D eigenvalue weighted by Crippen LogP contribution is 2.23. The van der Waals surface area contributed by atoms with Crippen molar-refractivity contribution in [3.8, 4) is 0 Å². The Morgan fingerprint density at radius 2 is 1.35 bits per heavy atom. The quantitative estimate of drug-likeness (QED) is 0.756. The predicted molar refractivity (Wildman–Crippen MR) is 91.7 cm³/mol. The maximum atomic E-state index is 5.79. The van der Waals surface area contributed by atoms with Crippen molar-refractivity contribution < 1.29 is 0 Å². The molecule has 3 rings (SSSR count). The molecule has 5 nitrogen and oxygen atoms in total. The highest BCUT2D eigenvalue weighted by Gasteiger charge is 2.16. The monoisotopic (exact) mass is 305 g/mol. The number of nitrogen functional groups attached to an aromatic ring is 2. The summed E-state index contributed by atoms with van der Waals surface area (Å²) in [6.07, 6.45) is 3.30. The van der Waals surface area contributed by atoms with E-state index in [4.69, 9.17) is 11.5 Å². The zero-order valence-corrected chi connectivity index (χ0v) is 12.8. The summed E-state index contributed by atoms with van der Waals surface area (Å²) >= 11 is 0. The molecule has 3 heterocycles. The standard InChI is InChI=1S/C18H19N5/c19-17-8-3-5-14(22-17)11-13(16-7-1-2-10-21-16)12-15-6-4-9-18(20)23-15/h1-10,13H,11-12H2,(H2,19,22)(H2,20,23). The molecule has 0 bridgehead atoms. The van der Waals surface area contributed by atoms with E-state index >= 15 is 0 Å². The van der Waals surface area contributed by atoms with E-state index < -0.39 is 0 Å². The Kier molecular flexibility index (Phi) is 4.47. The third-order valence-electron chi connectivity index (χ3n) is 3.67. The Bertz CT molecular complexity index is 726. The molecule has 0 amide bonds. The lowest BCUT2D eigenvalue weighted by Crippen LogP contribution is -2.11. The van der Waals surface area contributed by atoms with Gasteiger partial charge in [-0.3, -0.25) is 4.98 Å². The molecule has 0 spiro atoms. The highest BCUT2D eigenvalue weighted by molar-refractivity contribution is 5.31. The Morgan fingerprint density at radius 3 is 1.83 bits per heavy atom. The van der Waals surface area contributed by atoms with Gasteiger partial charge in [-0.25, -0.2) is 9.97 Å². The average Bonchev–Trinajstić information content (AvgIpc) is 2.55. The molecule has 0 saturated carbocycles. The fourth-order valence-electron chi connectivity index (χ4n) is 2.63. The molecule has 0 aliphatic carbocycles. The van der Waals surface area contributed by atoms with Crippen LogP contribution in [0.4, 0.5) is 11.6 Å². The summed E-state index contributed by atoms with van der Waals surface area (Å²) in [5.74, 6) is 1.23. The minimum absolute atomic E-state index is 0.166. The molecule has 3 aromatic heterocycles. The first-order chi connectivity index (χ1) is 11.2. The molecule has 3 aromatic rings. The van der Waals surface area contributed by atoms with Crippen LogP contribution in [0.3, 0.4) is 0 Å². The third kappa shape index (κ3) is 4.03. The van der Waals surface area contributed by atoms with Crippen LogP contribution in [0, 0.1) is 0 Å². The molecule has 23 heavy (non-hydrogen) atoms. The predicted octanol–water partition coefficient (Wildman–Crippen LogP) is 2.61. The van der Waals surface area contributed by atoms with Crippen LogP contribution < -0.4 is 11.5 Å². The smallest absolute Gasteiger partial charge is 0.123 e. The van der Waals surface area contributed by atoms with Crippen molar-refractivity contribution in [2.75, 3.05) is 11.5 Å². The molecular weight excluding hydrogens is 286 g/mol. The van der Waals surface area contributed by atoms with Crippen LogP contribution >= 0.6 is 0 Å². The summed E-state index contributed by atoms with van der Waals surface area (Å²) in [6.45, 7) is 0. The zero-order valence-electron chi connectivity index (χ0n) is 12.8. The van der Waals surface area contributed by atoms with Crippen LogP contribution in [0.15, 0.2) is 60.8 Å². The second-order valence-electron chi connectivity index (χ2n) is 5.47. The fourth-order valence-corrected chi connectivity index (χ4v) is 2.63. The topological polar surface area (TPSA) is 90.7 Å². The van der Waals surface area contributed by atoms with Crippen molar-refractivity contribution in [1.29, 1.82) is 0 Å². The molecule has 0 aliphatic rings. The largest absolute Gasteiger partial charge is 0.384 e. The van der Waals surface area contributed by atoms with Crippen LogP contribution in [-0.2, 0) is 12.8 Å². The molecule has 0 atom stereocenters. The Morgan fingerprint density at radius 1 is 0.739 bits per heavy atom. The summed E-state index contributed by atoms with van der Waals surface area (Å²) in [5, 5.41) is 0. The van der Waals surface area contributed by atoms with E-state index in [-0.39, 0.29) is 5.92 Å². The van der Waals surface area contributed by atoms with E-state index in [2.05, 4.69) is 15.0 Å². The van der Waals surface area contributed by atoms with Crippen molar-refractivity contribution in [3.05, 3.63) is 77.9 Å². The first kappa shape index (κ1) is 15.0. The second kappa shape index (κ2) is 6.87.